The molecule has 1 aromatic carbocycles. The van der Waals surface area contributed by atoms with Crippen molar-refractivity contribution in [3.8, 4) is 0 Å². The van der Waals surface area contributed by atoms with E-state index in [1.165, 1.54) is 0 Å². The molecule has 3 N–H and O–H groups in total. The minimum Gasteiger partial charge on any atom is -0.467 e. The van der Waals surface area contributed by atoms with E-state index in [4.69, 9.17) is 22.4 Å². The fourth-order valence-electron chi connectivity index (χ4n) is 1.89. The van der Waals surface area contributed by atoms with Crippen molar-refractivity contribution in [3.63, 3.8) is 0 Å². The topological polar surface area (TPSA) is 51.2 Å². The Morgan fingerprint density at radius 1 is 1.33 bits per heavy atom. The fraction of sp³-hybridized carbons (Fsp3) is 0.214. The molecule has 0 aliphatic carbocycles. The van der Waals surface area contributed by atoms with Gasteiger partial charge in [-0.2, -0.15) is 0 Å². The van der Waals surface area contributed by atoms with Crippen LogP contribution in [0.25, 0.3) is 0 Å². The van der Waals surface area contributed by atoms with Gasteiger partial charge in [0.25, 0.3) is 0 Å². The summed E-state index contributed by atoms with van der Waals surface area (Å²) in [5.41, 5.74) is 8.69. The SMILES string of the molecule is Cc1cccc(C(N)=S)c1NC(C)c1ccco1. The zero-order valence-electron chi connectivity index (χ0n) is 10.4. The lowest BCUT2D eigenvalue weighted by atomic mass is 10.1. The molecule has 4 heteroatoms. The van der Waals surface area contributed by atoms with Gasteiger partial charge >= 0.3 is 0 Å². The van der Waals surface area contributed by atoms with Crippen LogP contribution in [0.1, 0.15) is 29.9 Å². The number of nitrogens with two attached hydrogens (primary N) is 1. The average Bonchev–Trinajstić information content (AvgIpc) is 2.85. The van der Waals surface area contributed by atoms with Crippen molar-refractivity contribution >= 4 is 22.9 Å². The van der Waals surface area contributed by atoms with Crippen LogP contribution in [0.3, 0.4) is 0 Å². The van der Waals surface area contributed by atoms with Crippen molar-refractivity contribution < 1.29 is 4.42 Å². The summed E-state index contributed by atoms with van der Waals surface area (Å²) in [4.78, 5) is 0.396. The van der Waals surface area contributed by atoms with E-state index in [9.17, 15) is 0 Å². The maximum atomic E-state index is 5.75. The Balaban J connectivity index is 2.31. The Morgan fingerprint density at radius 3 is 2.72 bits per heavy atom. The second-order valence-corrected chi connectivity index (χ2v) is 4.68. The first-order valence-corrected chi connectivity index (χ1v) is 6.19. The molecule has 1 heterocycles. The highest BCUT2D eigenvalue weighted by molar-refractivity contribution is 7.80. The molecule has 0 radical (unpaired) electrons. The molecule has 0 spiro atoms. The molecular weight excluding hydrogens is 244 g/mol. The summed E-state index contributed by atoms with van der Waals surface area (Å²) in [7, 11) is 0. The first-order chi connectivity index (χ1) is 8.59. The number of rotatable bonds is 4. The molecule has 0 fully saturated rings. The van der Waals surface area contributed by atoms with Crippen LogP contribution >= 0.6 is 12.2 Å². The monoisotopic (exact) mass is 260 g/mol. The van der Waals surface area contributed by atoms with Crippen LogP contribution in [0.4, 0.5) is 5.69 Å². The molecule has 1 aromatic heterocycles. The zero-order valence-corrected chi connectivity index (χ0v) is 11.3. The highest BCUT2D eigenvalue weighted by Gasteiger charge is 2.13. The van der Waals surface area contributed by atoms with E-state index in [-0.39, 0.29) is 6.04 Å². The molecule has 94 valence electrons. The van der Waals surface area contributed by atoms with Gasteiger partial charge in [-0.3, -0.25) is 0 Å². The van der Waals surface area contributed by atoms with Crippen LogP contribution in [-0.4, -0.2) is 4.99 Å². The number of hydrogen-bond acceptors (Lipinski definition) is 3. The molecule has 18 heavy (non-hydrogen) atoms. The maximum absolute atomic E-state index is 5.75. The van der Waals surface area contributed by atoms with Crippen LogP contribution in [0, 0.1) is 6.92 Å². The Kier molecular flexibility index (Phi) is 3.67. The summed E-state index contributed by atoms with van der Waals surface area (Å²) >= 11 is 5.08. The van der Waals surface area contributed by atoms with Gasteiger partial charge in [0.05, 0.1) is 12.3 Å². The largest absolute Gasteiger partial charge is 0.467 e. The van der Waals surface area contributed by atoms with Crippen molar-refractivity contribution in [2.45, 2.75) is 19.9 Å². The third-order valence-corrected chi connectivity index (χ3v) is 3.09. The second-order valence-electron chi connectivity index (χ2n) is 4.24. The molecule has 0 bridgehead atoms. The molecule has 2 aromatic rings. The van der Waals surface area contributed by atoms with Crippen LogP contribution in [0.2, 0.25) is 0 Å². The van der Waals surface area contributed by atoms with E-state index in [1.54, 1.807) is 6.26 Å². The highest BCUT2D eigenvalue weighted by Crippen LogP contribution is 2.26. The summed E-state index contributed by atoms with van der Waals surface area (Å²) in [5.74, 6) is 0.882. The average molecular weight is 260 g/mol. The van der Waals surface area contributed by atoms with Gasteiger partial charge in [0, 0.05) is 11.3 Å². The zero-order chi connectivity index (χ0) is 13.1. The standard InChI is InChI=1S/C14H16N2OS/c1-9-5-3-6-11(14(15)18)13(9)16-10(2)12-7-4-8-17-12/h3-8,10,16H,1-2H3,(H2,15,18). The Labute approximate surface area is 112 Å². The highest BCUT2D eigenvalue weighted by atomic mass is 32.1. The fourth-order valence-corrected chi connectivity index (χ4v) is 2.06. The van der Waals surface area contributed by atoms with E-state index in [1.807, 2.05) is 44.2 Å². The van der Waals surface area contributed by atoms with Crippen LogP contribution in [-0.2, 0) is 0 Å². The van der Waals surface area contributed by atoms with Gasteiger partial charge in [0.2, 0.25) is 0 Å². The number of hydrogen-bond donors (Lipinski definition) is 2. The number of para-hydroxylation sites is 1. The van der Waals surface area contributed by atoms with Gasteiger partial charge in [0.15, 0.2) is 0 Å². The summed E-state index contributed by atoms with van der Waals surface area (Å²) < 4.78 is 5.38. The van der Waals surface area contributed by atoms with Crippen LogP contribution in [0.15, 0.2) is 41.0 Å². The van der Waals surface area contributed by atoms with E-state index < -0.39 is 0 Å². The number of nitrogens with one attached hydrogen (secondary N) is 1. The third-order valence-electron chi connectivity index (χ3n) is 2.87. The van der Waals surface area contributed by atoms with E-state index in [2.05, 4.69) is 5.32 Å². The molecular formula is C14H16N2OS. The molecule has 0 aliphatic heterocycles. The smallest absolute Gasteiger partial charge is 0.125 e. The van der Waals surface area contributed by atoms with Gasteiger partial charge in [-0.1, -0.05) is 24.4 Å². The Morgan fingerprint density at radius 2 is 2.11 bits per heavy atom. The predicted molar refractivity (Wildman–Crippen MR) is 77.8 cm³/mol. The predicted octanol–water partition coefficient (Wildman–Crippen LogP) is 3.40. The number of furan rings is 1. The quantitative estimate of drug-likeness (QED) is 0.827. The van der Waals surface area contributed by atoms with E-state index in [0.29, 0.717) is 4.99 Å². The van der Waals surface area contributed by atoms with Gasteiger partial charge < -0.3 is 15.5 Å². The van der Waals surface area contributed by atoms with Crippen molar-refractivity contribution in [1.82, 2.24) is 0 Å². The lowest BCUT2D eigenvalue weighted by Crippen LogP contribution is -2.15. The number of benzene rings is 1. The summed E-state index contributed by atoms with van der Waals surface area (Å²) in [5, 5.41) is 3.40. The molecule has 3 nitrogen and oxygen atoms in total. The minimum atomic E-state index is 0.0641. The number of thiocarbonyl (C=S) groups is 1. The Hall–Kier alpha value is -1.81. The van der Waals surface area contributed by atoms with Gasteiger partial charge in [-0.05, 0) is 37.6 Å². The van der Waals surface area contributed by atoms with Crippen molar-refractivity contribution in [3.05, 3.63) is 53.5 Å². The maximum Gasteiger partial charge on any atom is 0.125 e. The third kappa shape index (κ3) is 2.54. The molecule has 0 saturated heterocycles. The summed E-state index contributed by atoms with van der Waals surface area (Å²) in [6.45, 7) is 4.06. The molecule has 1 atom stereocenters. The normalized spacial score (nSPS) is 12.1. The first-order valence-electron chi connectivity index (χ1n) is 5.79. The second kappa shape index (κ2) is 5.23. The van der Waals surface area contributed by atoms with E-state index >= 15 is 0 Å². The van der Waals surface area contributed by atoms with E-state index in [0.717, 1.165) is 22.6 Å². The molecule has 1 unspecified atom stereocenters. The Bertz CT molecular complexity index is 549. The first kappa shape index (κ1) is 12.6. The van der Waals surface area contributed by atoms with Gasteiger partial charge in [-0.25, -0.2) is 0 Å². The lowest BCUT2D eigenvalue weighted by Gasteiger charge is -2.18. The van der Waals surface area contributed by atoms with Gasteiger partial charge in [0.1, 0.15) is 10.7 Å². The van der Waals surface area contributed by atoms with Crippen LogP contribution < -0.4 is 11.1 Å². The van der Waals surface area contributed by atoms with Crippen molar-refractivity contribution in [2.75, 3.05) is 5.32 Å². The number of aryl methyl sites for hydroxylation is 1. The van der Waals surface area contributed by atoms with Crippen molar-refractivity contribution in [1.29, 1.82) is 0 Å². The molecule has 0 saturated carbocycles. The minimum absolute atomic E-state index is 0.0641. The summed E-state index contributed by atoms with van der Waals surface area (Å²) in [6, 6.07) is 9.78. The molecule has 0 aliphatic rings. The van der Waals surface area contributed by atoms with Crippen molar-refractivity contribution in [2.24, 2.45) is 5.73 Å². The number of anilines is 1. The van der Waals surface area contributed by atoms with Crippen LogP contribution in [0.5, 0.6) is 0 Å². The summed E-state index contributed by atoms with van der Waals surface area (Å²) in [6.07, 6.45) is 1.67. The molecule has 0 amide bonds. The molecule has 2 rings (SSSR count). The lowest BCUT2D eigenvalue weighted by molar-refractivity contribution is 0.490. The van der Waals surface area contributed by atoms with Gasteiger partial charge in [-0.15, -0.1) is 0 Å².